The summed E-state index contributed by atoms with van der Waals surface area (Å²) in [6.07, 6.45) is 0.482. The molecule has 1 saturated heterocycles. The van der Waals surface area contributed by atoms with Crippen LogP contribution in [0.4, 0.5) is 0 Å². The highest BCUT2D eigenvalue weighted by atomic mass is 32.1. The van der Waals surface area contributed by atoms with E-state index in [1.54, 1.807) is 11.9 Å². The fourth-order valence-corrected chi connectivity index (χ4v) is 4.39. The van der Waals surface area contributed by atoms with E-state index in [9.17, 15) is 19.5 Å². The maximum Gasteiger partial charge on any atom is 0.308 e. The van der Waals surface area contributed by atoms with Gasteiger partial charge in [-0.05, 0) is 23.4 Å². The number of rotatable bonds is 7. The molecule has 0 unspecified atom stereocenters. The molecule has 142 valence electrons. The molecule has 3 rings (SSSR count). The molecule has 2 amide bonds. The summed E-state index contributed by atoms with van der Waals surface area (Å²) in [7, 11) is 1.70. The van der Waals surface area contributed by atoms with Crippen molar-refractivity contribution >= 4 is 29.1 Å². The van der Waals surface area contributed by atoms with Crippen LogP contribution in [0.5, 0.6) is 0 Å². The molecule has 0 saturated carbocycles. The minimum absolute atomic E-state index is 0.0363. The Kier molecular flexibility index (Phi) is 5.91. The number of carboxylic acids is 1. The Bertz CT molecular complexity index is 807. The highest BCUT2D eigenvalue weighted by Gasteiger charge is 2.43. The zero-order chi connectivity index (χ0) is 19.4. The number of nitrogens with one attached hydrogen (secondary N) is 1. The van der Waals surface area contributed by atoms with Crippen molar-refractivity contribution in [2.45, 2.75) is 18.9 Å². The van der Waals surface area contributed by atoms with Gasteiger partial charge in [-0.25, -0.2) is 0 Å². The number of thiophene rings is 1. The molecule has 2 heterocycles. The Hall–Kier alpha value is -2.67. The first-order chi connectivity index (χ1) is 13.0. The van der Waals surface area contributed by atoms with Gasteiger partial charge in [-0.15, -0.1) is 11.3 Å². The number of carbonyl (C=O) groups excluding carboxylic acids is 2. The van der Waals surface area contributed by atoms with Crippen LogP contribution in [0.25, 0.3) is 0 Å². The molecule has 0 bridgehead atoms. The van der Waals surface area contributed by atoms with Crippen molar-refractivity contribution in [2.24, 2.45) is 11.8 Å². The summed E-state index contributed by atoms with van der Waals surface area (Å²) in [5.41, 5.74) is 0.909. The van der Waals surface area contributed by atoms with Crippen molar-refractivity contribution < 1.29 is 19.5 Å². The van der Waals surface area contributed by atoms with Gasteiger partial charge in [-0.2, -0.15) is 0 Å². The van der Waals surface area contributed by atoms with Gasteiger partial charge in [0.05, 0.1) is 17.9 Å². The lowest BCUT2D eigenvalue weighted by Gasteiger charge is -2.24. The van der Waals surface area contributed by atoms with Crippen LogP contribution in [0.2, 0.25) is 0 Å². The van der Waals surface area contributed by atoms with Gasteiger partial charge < -0.3 is 15.3 Å². The average Bonchev–Trinajstić information content (AvgIpc) is 3.27. The van der Waals surface area contributed by atoms with Gasteiger partial charge in [0.2, 0.25) is 11.8 Å². The molecule has 3 atom stereocenters. The Morgan fingerprint density at radius 3 is 2.63 bits per heavy atom. The third-order valence-electron chi connectivity index (χ3n) is 4.95. The van der Waals surface area contributed by atoms with Crippen molar-refractivity contribution in [1.82, 2.24) is 10.2 Å². The van der Waals surface area contributed by atoms with Gasteiger partial charge >= 0.3 is 5.97 Å². The zero-order valence-corrected chi connectivity index (χ0v) is 15.8. The summed E-state index contributed by atoms with van der Waals surface area (Å²) in [5, 5.41) is 14.2. The first-order valence-electron chi connectivity index (χ1n) is 8.81. The highest BCUT2D eigenvalue weighted by Crippen LogP contribution is 2.39. The van der Waals surface area contributed by atoms with Crippen LogP contribution in [0, 0.1) is 11.8 Å². The fourth-order valence-electron chi connectivity index (χ4n) is 3.45. The van der Waals surface area contributed by atoms with E-state index < -0.39 is 17.8 Å². The van der Waals surface area contributed by atoms with Crippen LogP contribution in [0.1, 0.15) is 22.9 Å². The summed E-state index contributed by atoms with van der Waals surface area (Å²) in [5.74, 6) is -2.52. The Labute approximate surface area is 161 Å². The summed E-state index contributed by atoms with van der Waals surface area (Å²) in [4.78, 5) is 39.0. The molecule has 1 aliphatic rings. The molecular weight excluding hydrogens is 364 g/mol. The summed E-state index contributed by atoms with van der Waals surface area (Å²) in [6, 6.07) is 12.8. The van der Waals surface area contributed by atoms with Gasteiger partial charge in [0.1, 0.15) is 0 Å². The van der Waals surface area contributed by atoms with E-state index >= 15 is 0 Å². The summed E-state index contributed by atoms with van der Waals surface area (Å²) >= 11 is 1.51. The van der Waals surface area contributed by atoms with E-state index in [-0.39, 0.29) is 30.8 Å². The lowest BCUT2D eigenvalue weighted by molar-refractivity contribution is -0.141. The van der Waals surface area contributed by atoms with E-state index in [0.717, 1.165) is 10.4 Å². The number of benzene rings is 1. The molecule has 2 aromatic rings. The Morgan fingerprint density at radius 1 is 1.26 bits per heavy atom. The minimum atomic E-state index is -0.950. The third kappa shape index (κ3) is 4.36. The van der Waals surface area contributed by atoms with Crippen LogP contribution < -0.4 is 5.32 Å². The van der Waals surface area contributed by atoms with E-state index in [2.05, 4.69) is 5.32 Å². The molecular formula is C20H22N2O4S. The summed E-state index contributed by atoms with van der Waals surface area (Å²) in [6.45, 7) is 0.0363. The quantitative estimate of drug-likeness (QED) is 0.765. The Balaban J connectivity index is 1.66. The second-order valence-electron chi connectivity index (χ2n) is 6.75. The molecule has 27 heavy (non-hydrogen) atoms. The number of carbonyl (C=O) groups is 3. The lowest BCUT2D eigenvalue weighted by Crippen LogP contribution is -2.39. The van der Waals surface area contributed by atoms with Gasteiger partial charge in [0.15, 0.2) is 0 Å². The zero-order valence-electron chi connectivity index (χ0n) is 15.0. The maximum atomic E-state index is 12.7. The number of aliphatic carboxylic acids is 1. The number of carboxylic acid groups (broad SMARTS) is 1. The normalized spacial score (nSPS) is 20.5. The third-order valence-corrected chi connectivity index (χ3v) is 5.90. The smallest absolute Gasteiger partial charge is 0.308 e. The first kappa shape index (κ1) is 19.1. The van der Waals surface area contributed by atoms with Gasteiger partial charge in [-0.3, -0.25) is 14.4 Å². The SMILES string of the molecule is CN1C(=O)C[C@H](C(=O)NC[C@@H](Cc2ccccc2)C(=O)O)[C@@H]1c1cccs1. The monoisotopic (exact) mass is 386 g/mol. The molecule has 1 aliphatic heterocycles. The number of amides is 2. The molecule has 1 aromatic carbocycles. The van der Waals surface area contributed by atoms with Crippen LogP contribution in [-0.2, 0) is 20.8 Å². The Morgan fingerprint density at radius 2 is 2.00 bits per heavy atom. The van der Waals surface area contributed by atoms with E-state index in [4.69, 9.17) is 0 Å². The number of nitrogens with zero attached hydrogens (tertiary/aromatic N) is 1. The van der Waals surface area contributed by atoms with Crippen LogP contribution in [0.15, 0.2) is 47.8 Å². The van der Waals surface area contributed by atoms with Crippen LogP contribution in [0.3, 0.4) is 0 Å². The maximum absolute atomic E-state index is 12.7. The predicted molar refractivity (Wildman–Crippen MR) is 102 cm³/mol. The van der Waals surface area contributed by atoms with Gasteiger partial charge in [0.25, 0.3) is 0 Å². The van der Waals surface area contributed by atoms with Crippen molar-refractivity contribution in [3.63, 3.8) is 0 Å². The fraction of sp³-hybridized carbons (Fsp3) is 0.350. The van der Waals surface area contributed by atoms with Crippen LogP contribution >= 0.6 is 11.3 Å². The second-order valence-corrected chi connectivity index (χ2v) is 7.72. The molecule has 2 N–H and O–H groups in total. The highest BCUT2D eigenvalue weighted by molar-refractivity contribution is 7.10. The van der Waals surface area contributed by atoms with Crippen molar-refractivity contribution in [1.29, 1.82) is 0 Å². The lowest BCUT2D eigenvalue weighted by atomic mass is 9.96. The van der Waals surface area contributed by atoms with Crippen LogP contribution in [-0.4, -0.2) is 41.4 Å². The molecule has 0 aliphatic carbocycles. The molecule has 6 nitrogen and oxygen atoms in total. The first-order valence-corrected chi connectivity index (χ1v) is 9.69. The molecule has 7 heteroatoms. The van der Waals surface area contributed by atoms with Crippen molar-refractivity contribution in [2.75, 3.05) is 13.6 Å². The number of hydrogen-bond acceptors (Lipinski definition) is 4. The molecule has 1 aromatic heterocycles. The largest absolute Gasteiger partial charge is 0.481 e. The standard InChI is InChI=1S/C20H22N2O4S/c1-22-17(23)11-15(18(22)16-8-5-9-27-16)19(24)21-12-14(20(25)26)10-13-6-3-2-4-7-13/h2-9,14-15,18H,10-12H2,1H3,(H,21,24)(H,25,26)/t14-,15+,18-/m1/s1. The van der Waals surface area contributed by atoms with E-state index in [1.807, 2.05) is 47.8 Å². The molecule has 0 spiro atoms. The molecule has 1 fully saturated rings. The predicted octanol–water partition coefficient (Wildman–Crippen LogP) is 2.33. The summed E-state index contributed by atoms with van der Waals surface area (Å²) < 4.78 is 0. The second kappa shape index (κ2) is 8.35. The van der Waals surface area contributed by atoms with Crippen molar-refractivity contribution in [3.05, 3.63) is 58.3 Å². The minimum Gasteiger partial charge on any atom is -0.481 e. The van der Waals surface area contributed by atoms with Gasteiger partial charge in [-0.1, -0.05) is 36.4 Å². The van der Waals surface area contributed by atoms with E-state index in [1.165, 1.54) is 11.3 Å². The van der Waals surface area contributed by atoms with Gasteiger partial charge in [0, 0.05) is 24.9 Å². The van der Waals surface area contributed by atoms with Crippen molar-refractivity contribution in [3.8, 4) is 0 Å². The number of hydrogen-bond donors (Lipinski definition) is 2. The molecule has 0 radical (unpaired) electrons. The topological polar surface area (TPSA) is 86.7 Å². The average molecular weight is 386 g/mol. The number of likely N-dealkylation sites (tertiary alicyclic amines) is 1. The van der Waals surface area contributed by atoms with E-state index in [0.29, 0.717) is 6.42 Å².